The quantitative estimate of drug-likeness (QED) is 0.397. The summed E-state index contributed by atoms with van der Waals surface area (Å²) in [4.78, 5) is 0. The second-order valence-corrected chi connectivity index (χ2v) is 1.75. The van der Waals surface area contributed by atoms with Crippen molar-refractivity contribution in [3.63, 3.8) is 0 Å². The first-order valence-corrected chi connectivity index (χ1v) is 2.96. The van der Waals surface area contributed by atoms with Gasteiger partial charge in [0.15, 0.2) is 0 Å². The highest BCUT2D eigenvalue weighted by Gasteiger charge is 1.99. The predicted molar refractivity (Wildman–Crippen MR) is 36.5 cm³/mol. The van der Waals surface area contributed by atoms with Gasteiger partial charge in [-0.15, -0.1) is 0 Å². The Morgan fingerprint density at radius 2 is 2.50 bits per heavy atom. The van der Waals surface area contributed by atoms with E-state index in [1.165, 1.54) is 6.20 Å². The fraction of sp³-hybridized carbons (Fsp3) is 0.600. The number of hydrogen-bond acceptors (Lipinski definition) is 5. The maximum atomic E-state index is 8.88. The summed E-state index contributed by atoms with van der Waals surface area (Å²) in [7, 11) is 0. The summed E-state index contributed by atoms with van der Waals surface area (Å²) < 4.78 is 0. The Morgan fingerprint density at radius 1 is 1.90 bits per heavy atom. The molecule has 0 aliphatic carbocycles. The van der Waals surface area contributed by atoms with Gasteiger partial charge >= 0.3 is 0 Å². The van der Waals surface area contributed by atoms with Crippen LogP contribution in [0.4, 0.5) is 0 Å². The smallest absolute Gasteiger partial charge is 0.0941 e. The van der Waals surface area contributed by atoms with Crippen LogP contribution in [0.3, 0.4) is 0 Å². The van der Waals surface area contributed by atoms with Crippen LogP contribution in [0.25, 0.3) is 0 Å². The van der Waals surface area contributed by atoms with Crippen LogP contribution in [0.1, 0.15) is 6.92 Å². The van der Waals surface area contributed by atoms with Crippen molar-refractivity contribution in [1.82, 2.24) is 5.06 Å². The Balaban J connectivity index is 3.75. The summed E-state index contributed by atoms with van der Waals surface area (Å²) in [6.07, 6.45) is 1.20. The van der Waals surface area contributed by atoms with Gasteiger partial charge in [0.05, 0.1) is 12.2 Å². The van der Waals surface area contributed by atoms with E-state index in [9.17, 15) is 0 Å². The lowest BCUT2D eigenvalue weighted by atomic mass is 10.4. The molecule has 0 heterocycles. The maximum absolute atomic E-state index is 8.88. The molecule has 0 amide bonds. The number of likely N-dealkylation sites (N-methyl/N-ethyl adjacent to an activating group) is 1. The minimum atomic E-state index is 0.205. The minimum absolute atomic E-state index is 0.205. The average molecular weight is 144 g/mol. The number of hydrogen-bond donors (Lipinski definition) is 3. The lowest BCUT2D eigenvalue weighted by molar-refractivity contribution is -0.0779. The van der Waals surface area contributed by atoms with Gasteiger partial charge in [-0.1, -0.05) is 6.92 Å². The monoisotopic (exact) mass is 144 g/mol. The zero-order valence-electron chi connectivity index (χ0n) is 5.91. The molecule has 0 saturated carbocycles. The SMILES string of the molecule is CCN(O)C/C(=C/N)N=N. The summed E-state index contributed by atoms with van der Waals surface area (Å²) in [5.74, 6) is 0. The number of rotatable bonds is 4. The molecule has 0 aliphatic rings. The van der Waals surface area contributed by atoms with Gasteiger partial charge in [-0.3, -0.25) is 0 Å². The van der Waals surface area contributed by atoms with E-state index in [1.807, 2.05) is 0 Å². The summed E-state index contributed by atoms with van der Waals surface area (Å²) >= 11 is 0. The van der Waals surface area contributed by atoms with E-state index in [4.69, 9.17) is 16.5 Å². The maximum Gasteiger partial charge on any atom is 0.0941 e. The summed E-state index contributed by atoms with van der Waals surface area (Å²) in [6.45, 7) is 2.49. The Morgan fingerprint density at radius 3 is 2.80 bits per heavy atom. The number of nitrogens with zero attached hydrogens (tertiary/aromatic N) is 2. The van der Waals surface area contributed by atoms with Gasteiger partial charge in [0.25, 0.3) is 0 Å². The first kappa shape index (κ1) is 9.06. The molecule has 0 aliphatic heterocycles. The fourth-order valence-electron chi connectivity index (χ4n) is 0.424. The number of nitrogens with two attached hydrogens (primary N) is 1. The van der Waals surface area contributed by atoms with Crippen molar-refractivity contribution in [1.29, 1.82) is 5.53 Å². The molecule has 0 spiro atoms. The molecule has 0 atom stereocenters. The third-order valence-electron chi connectivity index (χ3n) is 1.05. The van der Waals surface area contributed by atoms with Crippen molar-refractivity contribution in [2.45, 2.75) is 6.92 Å². The third-order valence-corrected chi connectivity index (χ3v) is 1.05. The minimum Gasteiger partial charge on any atom is -0.403 e. The van der Waals surface area contributed by atoms with Crippen LogP contribution in [0.5, 0.6) is 0 Å². The largest absolute Gasteiger partial charge is 0.403 e. The Kier molecular flexibility index (Phi) is 4.43. The Hall–Kier alpha value is -0.940. The molecule has 0 aromatic carbocycles. The van der Waals surface area contributed by atoms with Crippen LogP contribution in [-0.2, 0) is 0 Å². The zero-order chi connectivity index (χ0) is 7.98. The standard InChI is InChI=1S/C5H12N4O/c1-2-9(10)4-5(3-6)8-7/h3,7,10H,2,4,6H2,1H3/b5-3-,8-7?. The molecule has 0 radical (unpaired) electrons. The van der Waals surface area contributed by atoms with Gasteiger partial charge < -0.3 is 10.9 Å². The summed E-state index contributed by atoms with van der Waals surface area (Å²) in [5, 5.41) is 13.0. The first-order chi connectivity index (χ1) is 4.74. The third kappa shape index (κ3) is 3.16. The number of nitrogens with one attached hydrogen (secondary N) is 1. The van der Waals surface area contributed by atoms with Crippen molar-refractivity contribution in [2.24, 2.45) is 10.8 Å². The van der Waals surface area contributed by atoms with Crippen LogP contribution in [0.2, 0.25) is 0 Å². The van der Waals surface area contributed by atoms with E-state index >= 15 is 0 Å². The van der Waals surface area contributed by atoms with Crippen molar-refractivity contribution in [2.75, 3.05) is 13.1 Å². The molecule has 5 heteroatoms. The normalized spacial score (nSPS) is 12.1. The highest BCUT2D eigenvalue weighted by Crippen LogP contribution is 1.95. The lowest BCUT2D eigenvalue weighted by Crippen LogP contribution is -2.21. The Bertz CT molecular complexity index is 134. The van der Waals surface area contributed by atoms with Crippen LogP contribution >= 0.6 is 0 Å². The zero-order valence-corrected chi connectivity index (χ0v) is 5.91. The Labute approximate surface area is 59.6 Å². The van der Waals surface area contributed by atoms with Crippen LogP contribution < -0.4 is 5.73 Å². The molecule has 58 valence electrons. The molecule has 0 saturated heterocycles. The van der Waals surface area contributed by atoms with Crippen molar-refractivity contribution in [3.05, 3.63) is 11.9 Å². The van der Waals surface area contributed by atoms with Gasteiger partial charge in [0.2, 0.25) is 0 Å². The summed E-state index contributed by atoms with van der Waals surface area (Å²) in [5.41, 5.74) is 12.0. The van der Waals surface area contributed by atoms with Gasteiger partial charge in [0.1, 0.15) is 0 Å². The highest BCUT2D eigenvalue weighted by atomic mass is 16.5. The molecular weight excluding hydrogens is 132 g/mol. The fourth-order valence-corrected chi connectivity index (χ4v) is 0.424. The molecule has 4 N–H and O–H groups in total. The van der Waals surface area contributed by atoms with Crippen LogP contribution in [0.15, 0.2) is 17.0 Å². The van der Waals surface area contributed by atoms with Gasteiger partial charge in [0, 0.05) is 12.7 Å². The molecule has 0 rings (SSSR count). The van der Waals surface area contributed by atoms with Crippen molar-refractivity contribution in [3.8, 4) is 0 Å². The van der Waals surface area contributed by atoms with Crippen LogP contribution in [-0.4, -0.2) is 23.4 Å². The molecule has 0 unspecified atom stereocenters. The second kappa shape index (κ2) is 4.89. The predicted octanol–water partition coefficient (Wildman–Crippen LogP) is 0.529. The van der Waals surface area contributed by atoms with E-state index in [0.717, 1.165) is 5.06 Å². The number of hydroxylamine groups is 2. The molecular formula is C5H12N4O. The molecule has 0 fully saturated rings. The topological polar surface area (TPSA) is 85.7 Å². The average Bonchev–Trinajstić information content (AvgIpc) is 1.99. The van der Waals surface area contributed by atoms with E-state index in [-0.39, 0.29) is 6.54 Å². The van der Waals surface area contributed by atoms with Gasteiger partial charge in [-0.05, 0) is 0 Å². The molecule has 5 nitrogen and oxygen atoms in total. The molecule has 0 aromatic rings. The lowest BCUT2D eigenvalue weighted by Gasteiger charge is -2.09. The molecule has 10 heavy (non-hydrogen) atoms. The molecule has 0 aromatic heterocycles. The first-order valence-electron chi connectivity index (χ1n) is 2.96. The van der Waals surface area contributed by atoms with Gasteiger partial charge in [-0.25, -0.2) is 5.53 Å². The second-order valence-electron chi connectivity index (χ2n) is 1.75. The summed E-state index contributed by atoms with van der Waals surface area (Å²) in [6, 6.07) is 0. The van der Waals surface area contributed by atoms with E-state index in [0.29, 0.717) is 12.2 Å². The van der Waals surface area contributed by atoms with E-state index in [2.05, 4.69) is 5.11 Å². The van der Waals surface area contributed by atoms with E-state index in [1.54, 1.807) is 6.92 Å². The highest BCUT2D eigenvalue weighted by molar-refractivity contribution is 4.96. The van der Waals surface area contributed by atoms with Crippen molar-refractivity contribution >= 4 is 0 Å². The molecule has 0 bridgehead atoms. The van der Waals surface area contributed by atoms with Crippen molar-refractivity contribution < 1.29 is 5.21 Å². The van der Waals surface area contributed by atoms with Gasteiger partial charge in [-0.2, -0.15) is 10.2 Å². The van der Waals surface area contributed by atoms with E-state index < -0.39 is 0 Å². The van der Waals surface area contributed by atoms with Crippen LogP contribution in [0, 0.1) is 5.53 Å².